The normalized spacial score (nSPS) is 27.0. The van der Waals surface area contributed by atoms with Gasteiger partial charge in [-0.1, -0.05) is 13.3 Å². The molecule has 0 aliphatic heterocycles. The monoisotopic (exact) mass is 237 g/mol. The highest BCUT2D eigenvalue weighted by atomic mass is 15.6. The number of nitrogens with one attached hydrogen (secondary N) is 1. The van der Waals surface area contributed by atoms with Gasteiger partial charge in [0.05, 0.1) is 12.1 Å². The van der Waals surface area contributed by atoms with Gasteiger partial charge in [0.1, 0.15) is 0 Å². The van der Waals surface area contributed by atoms with E-state index in [0.29, 0.717) is 6.04 Å². The second kappa shape index (κ2) is 5.58. The van der Waals surface area contributed by atoms with Crippen molar-refractivity contribution in [1.82, 2.24) is 25.5 Å². The van der Waals surface area contributed by atoms with Crippen molar-refractivity contribution in [2.45, 2.75) is 58.0 Å². The molecule has 5 heteroatoms. The highest BCUT2D eigenvalue weighted by Crippen LogP contribution is 2.34. The molecule has 1 aliphatic rings. The van der Waals surface area contributed by atoms with Gasteiger partial charge in [0, 0.05) is 0 Å². The summed E-state index contributed by atoms with van der Waals surface area (Å²) in [5.74, 6) is 1.88. The van der Waals surface area contributed by atoms with Crippen molar-refractivity contribution in [2.75, 3.05) is 7.05 Å². The van der Waals surface area contributed by atoms with Crippen molar-refractivity contribution in [3.05, 3.63) is 5.82 Å². The van der Waals surface area contributed by atoms with Crippen LogP contribution in [0.2, 0.25) is 0 Å². The van der Waals surface area contributed by atoms with Gasteiger partial charge < -0.3 is 5.32 Å². The second-order valence-electron chi connectivity index (χ2n) is 5.07. The maximum atomic E-state index is 4.18. The van der Waals surface area contributed by atoms with E-state index < -0.39 is 0 Å². The van der Waals surface area contributed by atoms with Crippen molar-refractivity contribution >= 4 is 0 Å². The van der Waals surface area contributed by atoms with Crippen LogP contribution in [-0.4, -0.2) is 27.3 Å². The van der Waals surface area contributed by atoms with Crippen LogP contribution >= 0.6 is 0 Å². The van der Waals surface area contributed by atoms with Crippen LogP contribution in [0.5, 0.6) is 0 Å². The molecule has 0 amide bonds. The Hall–Kier alpha value is -0.970. The SMILES string of the molecule is CCC1CCC(n2nnnc2C(C)NC)CC1. The Kier molecular flexibility index (Phi) is 4.10. The average molecular weight is 237 g/mol. The molecule has 1 aromatic rings. The molecule has 2 rings (SSSR count). The van der Waals surface area contributed by atoms with Gasteiger partial charge in [-0.05, 0) is 56.0 Å². The van der Waals surface area contributed by atoms with Crippen LogP contribution in [0.1, 0.15) is 63.9 Å². The summed E-state index contributed by atoms with van der Waals surface area (Å²) < 4.78 is 2.03. The molecule has 1 unspecified atom stereocenters. The van der Waals surface area contributed by atoms with Gasteiger partial charge in [-0.3, -0.25) is 0 Å². The van der Waals surface area contributed by atoms with E-state index in [2.05, 4.69) is 34.7 Å². The van der Waals surface area contributed by atoms with Gasteiger partial charge in [-0.15, -0.1) is 5.10 Å². The van der Waals surface area contributed by atoms with Crippen LogP contribution in [0.25, 0.3) is 0 Å². The molecule has 1 N–H and O–H groups in total. The number of hydrogen-bond acceptors (Lipinski definition) is 4. The standard InChI is InChI=1S/C12H23N5/c1-4-10-5-7-11(8-6-10)17-12(9(2)13-3)14-15-16-17/h9-11,13H,4-8H2,1-3H3. The fourth-order valence-corrected chi connectivity index (χ4v) is 2.67. The van der Waals surface area contributed by atoms with Gasteiger partial charge in [-0.2, -0.15) is 0 Å². The summed E-state index contributed by atoms with van der Waals surface area (Å²) in [7, 11) is 1.94. The topological polar surface area (TPSA) is 55.6 Å². The largest absolute Gasteiger partial charge is 0.311 e. The van der Waals surface area contributed by atoms with E-state index in [9.17, 15) is 0 Å². The highest BCUT2D eigenvalue weighted by Gasteiger charge is 2.25. The number of nitrogens with zero attached hydrogens (tertiary/aromatic N) is 4. The van der Waals surface area contributed by atoms with Gasteiger partial charge >= 0.3 is 0 Å². The minimum atomic E-state index is 0.217. The zero-order valence-electron chi connectivity index (χ0n) is 11.1. The second-order valence-corrected chi connectivity index (χ2v) is 5.07. The Morgan fingerprint density at radius 3 is 2.65 bits per heavy atom. The van der Waals surface area contributed by atoms with E-state index in [1.807, 2.05) is 11.7 Å². The third kappa shape index (κ3) is 2.65. The first-order chi connectivity index (χ1) is 8.26. The summed E-state index contributed by atoms with van der Waals surface area (Å²) in [6.07, 6.45) is 6.37. The molecule has 5 nitrogen and oxygen atoms in total. The molecule has 1 aliphatic carbocycles. The minimum absolute atomic E-state index is 0.217. The van der Waals surface area contributed by atoms with E-state index in [4.69, 9.17) is 0 Å². The predicted molar refractivity (Wildman–Crippen MR) is 66.6 cm³/mol. The zero-order valence-corrected chi connectivity index (χ0v) is 11.1. The van der Waals surface area contributed by atoms with Crippen molar-refractivity contribution < 1.29 is 0 Å². The highest BCUT2D eigenvalue weighted by molar-refractivity contribution is 4.92. The quantitative estimate of drug-likeness (QED) is 0.871. The van der Waals surface area contributed by atoms with Crippen LogP contribution in [0.3, 0.4) is 0 Å². The van der Waals surface area contributed by atoms with Crippen molar-refractivity contribution in [3.8, 4) is 0 Å². The molecule has 1 heterocycles. The molecular weight excluding hydrogens is 214 g/mol. The lowest BCUT2D eigenvalue weighted by molar-refractivity contribution is 0.246. The number of hydrogen-bond donors (Lipinski definition) is 1. The first-order valence-electron chi connectivity index (χ1n) is 6.71. The maximum absolute atomic E-state index is 4.18. The Bertz CT molecular complexity index is 340. The molecule has 0 radical (unpaired) electrons. The Morgan fingerprint density at radius 1 is 1.35 bits per heavy atom. The van der Waals surface area contributed by atoms with E-state index in [-0.39, 0.29) is 6.04 Å². The van der Waals surface area contributed by atoms with Crippen LogP contribution < -0.4 is 5.32 Å². The summed E-state index contributed by atoms with van der Waals surface area (Å²) in [4.78, 5) is 0. The Labute approximate surface area is 103 Å². The molecule has 1 fully saturated rings. The van der Waals surface area contributed by atoms with Crippen molar-refractivity contribution in [2.24, 2.45) is 5.92 Å². The molecular formula is C12H23N5. The lowest BCUT2D eigenvalue weighted by Crippen LogP contribution is -2.24. The van der Waals surface area contributed by atoms with E-state index >= 15 is 0 Å². The molecule has 96 valence electrons. The average Bonchev–Trinajstić information content (AvgIpc) is 2.87. The van der Waals surface area contributed by atoms with Crippen LogP contribution in [0, 0.1) is 5.92 Å². The first-order valence-corrected chi connectivity index (χ1v) is 6.71. The molecule has 1 atom stereocenters. The Balaban J connectivity index is 2.05. The predicted octanol–water partition coefficient (Wildman–Crippen LogP) is 2.09. The number of tetrazole rings is 1. The molecule has 1 aromatic heterocycles. The minimum Gasteiger partial charge on any atom is -0.311 e. The van der Waals surface area contributed by atoms with Crippen LogP contribution in [0.4, 0.5) is 0 Å². The summed E-state index contributed by atoms with van der Waals surface area (Å²) >= 11 is 0. The first kappa shape index (κ1) is 12.5. The molecule has 1 saturated carbocycles. The molecule has 17 heavy (non-hydrogen) atoms. The Morgan fingerprint density at radius 2 is 2.06 bits per heavy atom. The number of aromatic nitrogens is 4. The zero-order chi connectivity index (χ0) is 12.3. The molecule has 0 spiro atoms. The third-order valence-electron chi connectivity index (χ3n) is 4.08. The van der Waals surface area contributed by atoms with Gasteiger partial charge in [0.2, 0.25) is 0 Å². The summed E-state index contributed by atoms with van der Waals surface area (Å²) in [6, 6.07) is 0.715. The fraction of sp³-hybridized carbons (Fsp3) is 0.917. The summed E-state index contributed by atoms with van der Waals surface area (Å²) in [6.45, 7) is 4.39. The van der Waals surface area contributed by atoms with Gasteiger partial charge in [-0.25, -0.2) is 4.68 Å². The van der Waals surface area contributed by atoms with Crippen molar-refractivity contribution in [1.29, 1.82) is 0 Å². The van der Waals surface area contributed by atoms with Crippen molar-refractivity contribution in [3.63, 3.8) is 0 Å². The van der Waals surface area contributed by atoms with Crippen LogP contribution in [0.15, 0.2) is 0 Å². The van der Waals surface area contributed by atoms with Gasteiger partial charge in [0.25, 0.3) is 0 Å². The van der Waals surface area contributed by atoms with E-state index in [1.54, 1.807) is 0 Å². The number of rotatable bonds is 4. The van der Waals surface area contributed by atoms with E-state index in [1.165, 1.54) is 32.1 Å². The lowest BCUT2D eigenvalue weighted by atomic mass is 9.84. The third-order valence-corrected chi connectivity index (χ3v) is 4.08. The maximum Gasteiger partial charge on any atom is 0.168 e. The molecule has 0 saturated heterocycles. The summed E-state index contributed by atoms with van der Waals surface area (Å²) in [5.41, 5.74) is 0. The molecule has 0 bridgehead atoms. The lowest BCUT2D eigenvalue weighted by Gasteiger charge is -2.28. The summed E-state index contributed by atoms with van der Waals surface area (Å²) in [5, 5.41) is 15.3. The fourth-order valence-electron chi connectivity index (χ4n) is 2.67. The molecule has 0 aromatic carbocycles. The smallest absolute Gasteiger partial charge is 0.168 e. The van der Waals surface area contributed by atoms with Crippen LogP contribution in [-0.2, 0) is 0 Å². The van der Waals surface area contributed by atoms with Gasteiger partial charge in [0.15, 0.2) is 5.82 Å². The van der Waals surface area contributed by atoms with E-state index in [0.717, 1.165) is 11.7 Å².